The zero-order valence-electron chi connectivity index (χ0n) is 13.2. The van der Waals surface area contributed by atoms with Crippen LogP contribution in [0.15, 0.2) is 30.3 Å². The smallest absolute Gasteiger partial charge is 0.410 e. The van der Waals surface area contributed by atoms with Crippen molar-refractivity contribution in [1.82, 2.24) is 4.90 Å². The number of alkyl halides is 2. The Morgan fingerprint density at radius 1 is 1.29 bits per heavy atom. The number of ether oxygens (including phenoxy) is 3. The summed E-state index contributed by atoms with van der Waals surface area (Å²) in [5, 5.41) is 0. The zero-order valence-corrected chi connectivity index (χ0v) is 13.2. The summed E-state index contributed by atoms with van der Waals surface area (Å²) in [5.41, 5.74) is 0.796. The van der Waals surface area contributed by atoms with Crippen LogP contribution in [0.1, 0.15) is 12.0 Å². The van der Waals surface area contributed by atoms with Gasteiger partial charge in [0.05, 0.1) is 19.8 Å². The van der Waals surface area contributed by atoms with Crippen LogP contribution in [0.3, 0.4) is 0 Å². The van der Waals surface area contributed by atoms with E-state index in [0.717, 1.165) is 10.5 Å². The molecule has 1 aliphatic heterocycles. The number of amides is 1. The molecule has 1 aliphatic rings. The lowest BCUT2D eigenvalue weighted by Crippen LogP contribution is -2.41. The molecule has 1 saturated heterocycles. The highest BCUT2D eigenvalue weighted by molar-refractivity contribution is 5.82. The Morgan fingerprint density at radius 2 is 2.00 bits per heavy atom. The van der Waals surface area contributed by atoms with E-state index in [1.807, 2.05) is 18.2 Å². The van der Waals surface area contributed by atoms with Gasteiger partial charge in [-0.3, -0.25) is 4.90 Å². The second-order valence-electron chi connectivity index (χ2n) is 5.31. The van der Waals surface area contributed by atoms with Crippen LogP contribution in [0.4, 0.5) is 13.6 Å². The van der Waals surface area contributed by atoms with Gasteiger partial charge in [-0.25, -0.2) is 18.4 Å². The molecule has 0 bridgehead atoms. The molecule has 1 aromatic rings. The highest BCUT2D eigenvalue weighted by Crippen LogP contribution is 2.23. The summed E-state index contributed by atoms with van der Waals surface area (Å²) in [6.45, 7) is -0.696. The summed E-state index contributed by atoms with van der Waals surface area (Å²) in [6.07, 6.45) is -3.88. The first-order valence-corrected chi connectivity index (χ1v) is 7.46. The fourth-order valence-corrected chi connectivity index (χ4v) is 2.49. The van der Waals surface area contributed by atoms with Crippen molar-refractivity contribution in [3.63, 3.8) is 0 Å². The first kappa shape index (κ1) is 18.1. The molecule has 6 nitrogen and oxygen atoms in total. The minimum absolute atomic E-state index is 0.000109. The van der Waals surface area contributed by atoms with Crippen molar-refractivity contribution < 1.29 is 32.6 Å². The highest BCUT2D eigenvalue weighted by atomic mass is 19.3. The molecule has 1 heterocycles. The molecule has 0 saturated carbocycles. The van der Waals surface area contributed by atoms with Crippen LogP contribution in [0.2, 0.25) is 0 Å². The van der Waals surface area contributed by atoms with Crippen molar-refractivity contribution in [2.75, 3.05) is 20.3 Å². The lowest BCUT2D eigenvalue weighted by atomic mass is 10.2. The third-order valence-corrected chi connectivity index (χ3v) is 3.63. The number of hydrogen-bond donors (Lipinski definition) is 0. The van der Waals surface area contributed by atoms with E-state index in [-0.39, 0.29) is 19.6 Å². The summed E-state index contributed by atoms with van der Waals surface area (Å²) in [7, 11) is 1.20. The average molecular weight is 343 g/mol. The van der Waals surface area contributed by atoms with E-state index in [0.29, 0.717) is 0 Å². The minimum atomic E-state index is -2.61. The largest absolute Gasteiger partial charge is 0.467 e. The molecule has 1 fully saturated rings. The molecular weight excluding hydrogens is 324 g/mol. The molecular formula is C16H19F2NO5. The summed E-state index contributed by atoms with van der Waals surface area (Å²) < 4.78 is 39.4. The normalized spacial score (nSPS) is 20.2. The van der Waals surface area contributed by atoms with Crippen LogP contribution in [-0.2, 0) is 25.6 Å². The van der Waals surface area contributed by atoms with Gasteiger partial charge in [0.15, 0.2) is 0 Å². The molecule has 0 radical (unpaired) electrons. The summed E-state index contributed by atoms with van der Waals surface area (Å²) in [4.78, 5) is 25.2. The van der Waals surface area contributed by atoms with Crippen LogP contribution in [0.5, 0.6) is 0 Å². The van der Waals surface area contributed by atoms with Gasteiger partial charge < -0.3 is 14.2 Å². The van der Waals surface area contributed by atoms with Gasteiger partial charge in [-0.15, -0.1) is 0 Å². The third kappa shape index (κ3) is 4.89. The van der Waals surface area contributed by atoms with Gasteiger partial charge in [-0.1, -0.05) is 30.3 Å². The number of benzene rings is 1. The number of halogens is 2. The predicted molar refractivity (Wildman–Crippen MR) is 79.5 cm³/mol. The second-order valence-corrected chi connectivity index (χ2v) is 5.31. The van der Waals surface area contributed by atoms with Crippen molar-refractivity contribution >= 4 is 12.1 Å². The Morgan fingerprint density at radius 3 is 2.62 bits per heavy atom. The van der Waals surface area contributed by atoms with Crippen molar-refractivity contribution in [1.29, 1.82) is 0 Å². The first-order chi connectivity index (χ1) is 11.5. The van der Waals surface area contributed by atoms with Crippen molar-refractivity contribution in [3.8, 4) is 0 Å². The van der Waals surface area contributed by atoms with Crippen LogP contribution in [0, 0.1) is 0 Å². The van der Waals surface area contributed by atoms with E-state index in [9.17, 15) is 18.4 Å². The standard InChI is InChI=1S/C16H19F2NO5/c1-22-15(20)13-7-12(23-10-14(17)18)8-19(13)16(21)24-9-11-5-3-2-4-6-11/h2-6,12-14H,7-10H2,1H3/t12-,13-/m0/s1. The van der Waals surface area contributed by atoms with E-state index in [1.54, 1.807) is 12.1 Å². The number of rotatable bonds is 6. The van der Waals surface area contributed by atoms with Crippen LogP contribution >= 0.6 is 0 Å². The zero-order chi connectivity index (χ0) is 17.5. The van der Waals surface area contributed by atoms with E-state index in [1.165, 1.54) is 7.11 Å². The number of carbonyl (C=O) groups excluding carboxylic acids is 2. The Kier molecular flexibility index (Phi) is 6.48. The number of likely N-dealkylation sites (tertiary alicyclic amines) is 1. The Balaban J connectivity index is 1.95. The van der Waals surface area contributed by atoms with Gasteiger partial charge in [0.1, 0.15) is 19.3 Å². The number of carbonyl (C=O) groups is 2. The molecule has 0 N–H and O–H groups in total. The van der Waals surface area contributed by atoms with E-state index < -0.39 is 37.2 Å². The fourth-order valence-electron chi connectivity index (χ4n) is 2.49. The summed E-state index contributed by atoms with van der Waals surface area (Å²) >= 11 is 0. The second kappa shape index (κ2) is 8.58. The predicted octanol–water partition coefficient (Wildman–Crippen LogP) is 2.22. The SMILES string of the molecule is COC(=O)[C@@H]1C[C@H](OCC(F)F)CN1C(=O)OCc1ccccc1. The van der Waals surface area contributed by atoms with Gasteiger partial charge in [0, 0.05) is 6.42 Å². The summed E-state index contributed by atoms with van der Waals surface area (Å²) in [6, 6.07) is 8.15. The number of methoxy groups -OCH3 is 1. The maximum absolute atomic E-state index is 12.3. The molecule has 1 aromatic carbocycles. The maximum Gasteiger partial charge on any atom is 0.410 e. The van der Waals surface area contributed by atoms with Gasteiger partial charge in [0.25, 0.3) is 6.43 Å². The molecule has 0 unspecified atom stereocenters. The molecule has 1 amide bonds. The first-order valence-electron chi connectivity index (χ1n) is 7.46. The van der Waals surface area contributed by atoms with Crippen LogP contribution in [-0.4, -0.2) is 55.8 Å². The van der Waals surface area contributed by atoms with E-state index in [4.69, 9.17) is 9.47 Å². The quantitative estimate of drug-likeness (QED) is 0.741. The molecule has 24 heavy (non-hydrogen) atoms. The lowest BCUT2D eigenvalue weighted by molar-refractivity contribution is -0.145. The molecule has 132 valence electrons. The van der Waals surface area contributed by atoms with Crippen LogP contribution < -0.4 is 0 Å². The van der Waals surface area contributed by atoms with Crippen molar-refractivity contribution in [2.45, 2.75) is 31.6 Å². The Hall–Kier alpha value is -2.22. The van der Waals surface area contributed by atoms with Gasteiger partial charge >= 0.3 is 12.1 Å². The molecule has 8 heteroatoms. The monoisotopic (exact) mass is 343 g/mol. The number of hydrogen-bond acceptors (Lipinski definition) is 5. The van der Waals surface area contributed by atoms with Gasteiger partial charge in [-0.2, -0.15) is 0 Å². The van der Waals surface area contributed by atoms with Crippen molar-refractivity contribution in [3.05, 3.63) is 35.9 Å². The Labute approximate surface area is 138 Å². The fraction of sp³-hybridized carbons (Fsp3) is 0.500. The van der Waals surface area contributed by atoms with Crippen molar-refractivity contribution in [2.24, 2.45) is 0 Å². The maximum atomic E-state index is 12.3. The topological polar surface area (TPSA) is 65.1 Å². The number of nitrogens with zero attached hydrogens (tertiary/aromatic N) is 1. The van der Waals surface area contributed by atoms with Crippen LogP contribution in [0.25, 0.3) is 0 Å². The molecule has 2 rings (SSSR count). The number of esters is 1. The minimum Gasteiger partial charge on any atom is -0.467 e. The van der Waals surface area contributed by atoms with Gasteiger partial charge in [-0.05, 0) is 5.56 Å². The van der Waals surface area contributed by atoms with E-state index >= 15 is 0 Å². The molecule has 0 spiro atoms. The lowest BCUT2D eigenvalue weighted by Gasteiger charge is -2.21. The average Bonchev–Trinajstić information content (AvgIpc) is 3.02. The third-order valence-electron chi connectivity index (χ3n) is 3.63. The summed E-state index contributed by atoms with van der Waals surface area (Å²) in [5.74, 6) is -0.630. The van der Waals surface area contributed by atoms with E-state index in [2.05, 4.69) is 4.74 Å². The van der Waals surface area contributed by atoms with Gasteiger partial charge in [0.2, 0.25) is 0 Å². The molecule has 0 aromatic heterocycles. The highest BCUT2D eigenvalue weighted by Gasteiger charge is 2.42. The molecule has 0 aliphatic carbocycles. The Bertz CT molecular complexity index is 555. The molecule has 2 atom stereocenters.